The average molecular weight is 370 g/mol. The molecule has 8 heteroatoms. The van der Waals surface area contributed by atoms with Gasteiger partial charge in [-0.15, -0.1) is 10.2 Å². The van der Waals surface area contributed by atoms with Gasteiger partial charge < -0.3 is 10.1 Å². The van der Waals surface area contributed by atoms with Gasteiger partial charge in [-0.2, -0.15) is 0 Å². The average Bonchev–Trinajstić information content (AvgIpc) is 2.99. The summed E-state index contributed by atoms with van der Waals surface area (Å²) in [7, 11) is 1.58. The highest BCUT2D eigenvalue weighted by atomic mass is 32.2. The van der Waals surface area contributed by atoms with Crippen LogP contribution in [0, 0.1) is 5.92 Å². The number of anilines is 1. The van der Waals surface area contributed by atoms with E-state index < -0.39 is 0 Å². The number of thioether (sulfide) groups is 2. The Kier molecular flexibility index (Phi) is 7.19. The zero-order valence-electron chi connectivity index (χ0n) is 13.2. The van der Waals surface area contributed by atoms with E-state index in [9.17, 15) is 4.79 Å². The topological polar surface area (TPSA) is 64.1 Å². The zero-order chi connectivity index (χ0) is 16.7. The second kappa shape index (κ2) is 9.14. The second-order valence-corrected chi connectivity index (χ2v) is 8.54. The quantitative estimate of drug-likeness (QED) is 0.709. The smallest absolute Gasteiger partial charge is 0.234 e. The van der Waals surface area contributed by atoms with Crippen LogP contribution in [-0.4, -0.2) is 34.7 Å². The first-order valence-corrected chi connectivity index (χ1v) is 9.89. The van der Waals surface area contributed by atoms with Gasteiger partial charge >= 0.3 is 0 Å². The lowest BCUT2D eigenvalue weighted by atomic mass is 10.3. The van der Waals surface area contributed by atoms with Gasteiger partial charge in [-0.05, 0) is 18.1 Å². The highest BCUT2D eigenvalue weighted by Crippen LogP contribution is 2.30. The Morgan fingerprint density at radius 2 is 1.96 bits per heavy atom. The van der Waals surface area contributed by atoms with Gasteiger partial charge in [-0.3, -0.25) is 4.79 Å². The molecule has 0 bridgehead atoms. The fourth-order valence-electron chi connectivity index (χ4n) is 1.61. The summed E-state index contributed by atoms with van der Waals surface area (Å²) in [5.41, 5.74) is 0.672. The zero-order valence-corrected chi connectivity index (χ0v) is 15.7. The SMILES string of the molecule is COc1ccccc1NC(=O)CSc1nnc(SCC(C)C)s1. The van der Waals surface area contributed by atoms with E-state index in [1.807, 2.05) is 24.3 Å². The van der Waals surface area contributed by atoms with Crippen LogP contribution in [0.4, 0.5) is 5.69 Å². The maximum Gasteiger partial charge on any atom is 0.234 e. The van der Waals surface area contributed by atoms with Crippen molar-refractivity contribution in [3.8, 4) is 5.75 Å². The van der Waals surface area contributed by atoms with Crippen LogP contribution in [0.15, 0.2) is 32.9 Å². The first-order valence-electron chi connectivity index (χ1n) is 7.10. The number of nitrogens with one attached hydrogen (secondary N) is 1. The van der Waals surface area contributed by atoms with Crippen LogP contribution in [0.25, 0.3) is 0 Å². The molecule has 1 aromatic heterocycles. The number of ether oxygens (including phenoxy) is 1. The largest absolute Gasteiger partial charge is 0.495 e. The molecule has 0 aliphatic carbocycles. The molecular weight excluding hydrogens is 350 g/mol. The number of para-hydroxylation sites is 2. The number of amides is 1. The van der Waals surface area contributed by atoms with Crippen LogP contribution >= 0.6 is 34.9 Å². The van der Waals surface area contributed by atoms with Crippen molar-refractivity contribution >= 4 is 46.5 Å². The molecule has 0 saturated carbocycles. The van der Waals surface area contributed by atoms with Gasteiger partial charge in [0.15, 0.2) is 8.68 Å². The van der Waals surface area contributed by atoms with E-state index in [1.54, 1.807) is 18.9 Å². The molecule has 0 unspecified atom stereocenters. The van der Waals surface area contributed by atoms with E-state index in [0.717, 1.165) is 14.4 Å². The highest BCUT2D eigenvalue weighted by Gasteiger charge is 2.11. The van der Waals surface area contributed by atoms with Gasteiger partial charge in [-0.25, -0.2) is 0 Å². The fraction of sp³-hybridized carbons (Fsp3) is 0.400. The summed E-state index contributed by atoms with van der Waals surface area (Å²) >= 11 is 4.63. The van der Waals surface area contributed by atoms with E-state index in [1.165, 1.54) is 23.1 Å². The maximum absolute atomic E-state index is 12.0. The molecule has 1 heterocycles. The van der Waals surface area contributed by atoms with Crippen molar-refractivity contribution in [1.82, 2.24) is 10.2 Å². The molecule has 1 aromatic carbocycles. The molecule has 0 fully saturated rings. The second-order valence-electron chi connectivity index (χ2n) is 5.08. The fourth-order valence-corrected chi connectivity index (χ4v) is 4.41. The van der Waals surface area contributed by atoms with E-state index in [-0.39, 0.29) is 5.91 Å². The van der Waals surface area contributed by atoms with Crippen LogP contribution in [0.1, 0.15) is 13.8 Å². The highest BCUT2D eigenvalue weighted by molar-refractivity contribution is 8.03. The molecule has 0 atom stereocenters. The predicted molar refractivity (Wildman–Crippen MR) is 97.8 cm³/mol. The van der Waals surface area contributed by atoms with Crippen LogP contribution in [0.2, 0.25) is 0 Å². The number of hydrogen-bond donors (Lipinski definition) is 1. The van der Waals surface area contributed by atoms with Crippen LogP contribution in [-0.2, 0) is 4.79 Å². The Labute approximate surface area is 148 Å². The van der Waals surface area contributed by atoms with Crippen molar-refractivity contribution in [3.05, 3.63) is 24.3 Å². The monoisotopic (exact) mass is 369 g/mol. The summed E-state index contributed by atoms with van der Waals surface area (Å²) in [6, 6.07) is 7.34. The summed E-state index contributed by atoms with van der Waals surface area (Å²) in [6.07, 6.45) is 0. The molecule has 124 valence electrons. The number of hydrogen-bond acceptors (Lipinski definition) is 7. The van der Waals surface area contributed by atoms with Gasteiger partial charge in [-0.1, -0.05) is 60.8 Å². The van der Waals surface area contributed by atoms with E-state index in [4.69, 9.17) is 4.74 Å². The van der Waals surface area contributed by atoms with Crippen molar-refractivity contribution in [1.29, 1.82) is 0 Å². The minimum absolute atomic E-state index is 0.0916. The summed E-state index contributed by atoms with van der Waals surface area (Å²) in [5.74, 6) is 2.49. The molecule has 1 amide bonds. The Morgan fingerprint density at radius 3 is 2.65 bits per heavy atom. The third kappa shape index (κ3) is 6.04. The number of carbonyl (C=O) groups excluding carboxylic acids is 1. The summed E-state index contributed by atoms with van der Waals surface area (Å²) in [6.45, 7) is 4.35. The molecule has 5 nitrogen and oxygen atoms in total. The normalized spacial score (nSPS) is 10.8. The van der Waals surface area contributed by atoms with Gasteiger partial charge in [0, 0.05) is 5.75 Å². The van der Waals surface area contributed by atoms with Crippen molar-refractivity contribution in [2.75, 3.05) is 23.9 Å². The lowest BCUT2D eigenvalue weighted by Gasteiger charge is -2.08. The minimum atomic E-state index is -0.0916. The molecule has 0 aliphatic rings. The number of benzene rings is 1. The van der Waals surface area contributed by atoms with E-state index in [0.29, 0.717) is 23.1 Å². The van der Waals surface area contributed by atoms with Crippen molar-refractivity contribution in [3.63, 3.8) is 0 Å². The summed E-state index contributed by atoms with van der Waals surface area (Å²) in [5, 5.41) is 11.1. The van der Waals surface area contributed by atoms with Crippen molar-refractivity contribution in [2.24, 2.45) is 5.92 Å². The number of methoxy groups -OCH3 is 1. The van der Waals surface area contributed by atoms with Crippen molar-refractivity contribution < 1.29 is 9.53 Å². The standard InChI is InChI=1S/C15H19N3O2S3/c1-10(2)8-21-14-17-18-15(23-14)22-9-13(19)16-11-6-4-5-7-12(11)20-3/h4-7,10H,8-9H2,1-3H3,(H,16,19). The predicted octanol–water partition coefficient (Wildman–Crippen LogP) is 4.03. The summed E-state index contributed by atoms with van der Waals surface area (Å²) < 4.78 is 6.98. The van der Waals surface area contributed by atoms with Gasteiger partial charge in [0.05, 0.1) is 18.6 Å². The lowest BCUT2D eigenvalue weighted by Crippen LogP contribution is -2.14. The molecule has 2 aromatic rings. The number of carbonyl (C=O) groups is 1. The van der Waals surface area contributed by atoms with Gasteiger partial charge in [0.2, 0.25) is 5.91 Å². The molecular formula is C15H19N3O2S3. The minimum Gasteiger partial charge on any atom is -0.495 e. The Balaban J connectivity index is 1.82. The molecule has 2 rings (SSSR count). The van der Waals surface area contributed by atoms with Crippen LogP contribution in [0.3, 0.4) is 0 Å². The van der Waals surface area contributed by atoms with E-state index in [2.05, 4.69) is 29.4 Å². The number of rotatable bonds is 8. The van der Waals surface area contributed by atoms with Gasteiger partial charge in [0.25, 0.3) is 0 Å². The van der Waals surface area contributed by atoms with Crippen LogP contribution < -0.4 is 10.1 Å². The van der Waals surface area contributed by atoms with E-state index >= 15 is 0 Å². The third-order valence-corrected chi connectivity index (χ3v) is 6.25. The van der Waals surface area contributed by atoms with Crippen LogP contribution in [0.5, 0.6) is 5.75 Å². The molecule has 1 N–H and O–H groups in total. The Bertz CT molecular complexity index is 646. The van der Waals surface area contributed by atoms with Crippen molar-refractivity contribution in [2.45, 2.75) is 22.5 Å². The molecule has 23 heavy (non-hydrogen) atoms. The Hall–Kier alpha value is -1.25. The molecule has 0 saturated heterocycles. The number of aromatic nitrogens is 2. The van der Waals surface area contributed by atoms with Gasteiger partial charge in [0.1, 0.15) is 5.75 Å². The third-order valence-electron chi connectivity index (χ3n) is 2.64. The Morgan fingerprint density at radius 1 is 1.26 bits per heavy atom. The summed E-state index contributed by atoms with van der Waals surface area (Å²) in [4.78, 5) is 12.0. The first kappa shape index (κ1) is 18.1. The molecule has 0 spiro atoms. The molecule has 0 radical (unpaired) electrons. The lowest BCUT2D eigenvalue weighted by molar-refractivity contribution is -0.113. The number of nitrogens with zero attached hydrogens (tertiary/aromatic N) is 2. The molecule has 0 aliphatic heterocycles. The first-order chi connectivity index (χ1) is 11.1. The maximum atomic E-state index is 12.0.